The number of methoxy groups -OCH3 is 1. The maximum absolute atomic E-state index is 5.22. The summed E-state index contributed by atoms with van der Waals surface area (Å²) in [6.07, 6.45) is 2.71. The Morgan fingerprint density at radius 2 is 2.00 bits per heavy atom. The third kappa shape index (κ3) is 5.52. The molecule has 2 rings (SSSR count). The van der Waals surface area contributed by atoms with Gasteiger partial charge in [0.15, 0.2) is 0 Å². The van der Waals surface area contributed by atoms with E-state index >= 15 is 0 Å². The molecule has 1 aliphatic rings. The van der Waals surface area contributed by atoms with Gasteiger partial charge in [-0.15, -0.1) is 11.3 Å². The fourth-order valence-electron chi connectivity index (χ4n) is 2.19. The molecule has 20 heavy (non-hydrogen) atoms. The first-order chi connectivity index (χ1) is 9.48. The normalized spacial score (nSPS) is 16.1. The van der Waals surface area contributed by atoms with Crippen LogP contribution in [0.3, 0.4) is 0 Å². The molecule has 114 valence electrons. The Morgan fingerprint density at radius 1 is 1.30 bits per heavy atom. The molecule has 1 aromatic rings. The zero-order valence-corrected chi connectivity index (χ0v) is 14.1. The maximum Gasteiger partial charge on any atom is 0.0589 e. The Hall–Kier alpha value is -0.420. The van der Waals surface area contributed by atoms with E-state index in [1.807, 2.05) is 11.3 Å². The van der Waals surface area contributed by atoms with E-state index in [2.05, 4.69) is 43.1 Å². The van der Waals surface area contributed by atoms with E-state index < -0.39 is 0 Å². The minimum atomic E-state index is 0.183. The zero-order valence-electron chi connectivity index (χ0n) is 13.2. The highest BCUT2D eigenvalue weighted by Gasteiger charge is 2.28. The van der Waals surface area contributed by atoms with Gasteiger partial charge in [0.1, 0.15) is 0 Å². The second kappa shape index (κ2) is 7.03. The van der Waals surface area contributed by atoms with Crippen molar-refractivity contribution in [3.63, 3.8) is 0 Å². The molecule has 0 aliphatic heterocycles. The molecule has 1 N–H and O–H groups in total. The number of hydrogen-bond donors (Lipinski definition) is 1. The van der Waals surface area contributed by atoms with Crippen molar-refractivity contribution in [3.05, 3.63) is 21.9 Å². The van der Waals surface area contributed by atoms with Crippen LogP contribution in [0.5, 0.6) is 0 Å². The maximum atomic E-state index is 5.22. The van der Waals surface area contributed by atoms with Crippen molar-refractivity contribution in [2.45, 2.75) is 58.3 Å². The van der Waals surface area contributed by atoms with Crippen LogP contribution in [0.15, 0.2) is 12.1 Å². The van der Waals surface area contributed by atoms with Gasteiger partial charge in [0, 0.05) is 48.1 Å². The smallest absolute Gasteiger partial charge is 0.0589 e. The second-order valence-corrected chi connectivity index (χ2v) is 7.92. The Kier molecular flexibility index (Phi) is 5.61. The van der Waals surface area contributed by atoms with Crippen molar-refractivity contribution in [1.29, 1.82) is 0 Å². The summed E-state index contributed by atoms with van der Waals surface area (Å²) >= 11 is 1.94. The summed E-state index contributed by atoms with van der Waals surface area (Å²) in [5.74, 6) is 0. The van der Waals surface area contributed by atoms with Crippen LogP contribution >= 0.6 is 11.3 Å². The number of hydrogen-bond acceptors (Lipinski definition) is 4. The molecule has 1 aliphatic carbocycles. The molecule has 0 spiro atoms. The van der Waals surface area contributed by atoms with E-state index in [4.69, 9.17) is 4.74 Å². The van der Waals surface area contributed by atoms with Gasteiger partial charge in [0.05, 0.1) is 6.61 Å². The third-order valence-corrected chi connectivity index (χ3v) is 4.59. The summed E-state index contributed by atoms with van der Waals surface area (Å²) in [5, 5.41) is 3.55. The molecule has 1 fully saturated rings. The largest absolute Gasteiger partial charge is 0.383 e. The number of nitrogens with zero attached hydrogens (tertiary/aromatic N) is 1. The van der Waals surface area contributed by atoms with Crippen LogP contribution < -0.4 is 5.32 Å². The SMILES string of the molecule is COCCN(Cc1ccc(CNC(C)(C)C)s1)C1CC1. The lowest BCUT2D eigenvalue weighted by Gasteiger charge is -2.21. The molecule has 0 bridgehead atoms. The number of ether oxygens (including phenoxy) is 1. The summed E-state index contributed by atoms with van der Waals surface area (Å²) in [7, 11) is 1.78. The Bertz CT molecular complexity index is 407. The molecular weight excluding hydrogens is 268 g/mol. The van der Waals surface area contributed by atoms with Crippen LogP contribution in [0.25, 0.3) is 0 Å². The van der Waals surface area contributed by atoms with Crippen molar-refractivity contribution in [3.8, 4) is 0 Å². The van der Waals surface area contributed by atoms with Gasteiger partial charge in [-0.1, -0.05) is 0 Å². The molecule has 0 radical (unpaired) electrons. The zero-order chi connectivity index (χ0) is 14.6. The predicted molar refractivity (Wildman–Crippen MR) is 86.2 cm³/mol. The lowest BCUT2D eigenvalue weighted by molar-refractivity contribution is 0.140. The molecule has 0 aromatic carbocycles. The Morgan fingerprint density at radius 3 is 2.60 bits per heavy atom. The van der Waals surface area contributed by atoms with Crippen LogP contribution in [0.1, 0.15) is 43.4 Å². The highest BCUT2D eigenvalue weighted by Crippen LogP contribution is 2.29. The van der Waals surface area contributed by atoms with Crippen LogP contribution in [0, 0.1) is 0 Å². The highest BCUT2D eigenvalue weighted by molar-refractivity contribution is 7.11. The summed E-state index contributed by atoms with van der Waals surface area (Å²) < 4.78 is 5.22. The minimum absolute atomic E-state index is 0.183. The summed E-state index contributed by atoms with van der Waals surface area (Å²) in [6, 6.07) is 5.34. The first kappa shape index (κ1) is 16.0. The van der Waals surface area contributed by atoms with Gasteiger partial charge in [-0.05, 0) is 45.7 Å². The van der Waals surface area contributed by atoms with Gasteiger partial charge in [-0.3, -0.25) is 4.90 Å². The minimum Gasteiger partial charge on any atom is -0.383 e. The van der Waals surface area contributed by atoms with Crippen LogP contribution in [-0.4, -0.2) is 36.7 Å². The van der Waals surface area contributed by atoms with E-state index in [1.165, 1.54) is 22.6 Å². The van der Waals surface area contributed by atoms with Crippen LogP contribution in [0.4, 0.5) is 0 Å². The average molecular weight is 296 g/mol. The van der Waals surface area contributed by atoms with Gasteiger partial charge in [0.2, 0.25) is 0 Å². The average Bonchev–Trinajstić information content (AvgIpc) is 3.12. The topological polar surface area (TPSA) is 24.5 Å². The second-order valence-electron chi connectivity index (χ2n) is 6.67. The van der Waals surface area contributed by atoms with Gasteiger partial charge >= 0.3 is 0 Å². The molecule has 1 saturated carbocycles. The molecule has 1 aromatic heterocycles. The number of thiophene rings is 1. The quantitative estimate of drug-likeness (QED) is 0.797. The summed E-state index contributed by atoms with van der Waals surface area (Å²) in [6.45, 7) is 10.6. The predicted octanol–water partition coefficient (Wildman–Crippen LogP) is 3.25. The van der Waals surface area contributed by atoms with Crippen LogP contribution in [0.2, 0.25) is 0 Å². The Balaban J connectivity index is 1.84. The number of nitrogens with one attached hydrogen (secondary N) is 1. The fourth-order valence-corrected chi connectivity index (χ4v) is 3.18. The van der Waals surface area contributed by atoms with Crippen molar-refractivity contribution in [2.75, 3.05) is 20.3 Å². The molecule has 0 amide bonds. The van der Waals surface area contributed by atoms with Gasteiger partial charge in [0.25, 0.3) is 0 Å². The van der Waals surface area contributed by atoms with Gasteiger partial charge < -0.3 is 10.1 Å². The van der Waals surface area contributed by atoms with E-state index in [0.717, 1.165) is 32.3 Å². The molecular formula is C16H28N2OS. The molecule has 3 nitrogen and oxygen atoms in total. The number of rotatable bonds is 8. The van der Waals surface area contributed by atoms with E-state index in [-0.39, 0.29) is 5.54 Å². The molecule has 4 heteroatoms. The lowest BCUT2D eigenvalue weighted by Crippen LogP contribution is -2.34. The third-order valence-electron chi connectivity index (χ3n) is 3.52. The first-order valence-electron chi connectivity index (χ1n) is 7.53. The van der Waals surface area contributed by atoms with E-state index in [0.29, 0.717) is 0 Å². The van der Waals surface area contributed by atoms with E-state index in [9.17, 15) is 0 Å². The van der Waals surface area contributed by atoms with Crippen molar-refractivity contribution in [1.82, 2.24) is 10.2 Å². The first-order valence-corrected chi connectivity index (χ1v) is 8.35. The summed E-state index contributed by atoms with van der Waals surface area (Å²) in [5.41, 5.74) is 0.183. The lowest BCUT2D eigenvalue weighted by atomic mass is 10.1. The highest BCUT2D eigenvalue weighted by atomic mass is 32.1. The molecule has 0 atom stereocenters. The van der Waals surface area contributed by atoms with Gasteiger partial charge in [-0.25, -0.2) is 0 Å². The van der Waals surface area contributed by atoms with Crippen molar-refractivity contribution >= 4 is 11.3 Å². The Labute approximate surface area is 127 Å². The monoisotopic (exact) mass is 296 g/mol. The standard InChI is InChI=1S/C16H28N2OS/c1-16(2,3)17-11-14-7-8-15(20-14)12-18(9-10-19-4)13-5-6-13/h7-8,13,17H,5-6,9-12H2,1-4H3. The molecule has 0 saturated heterocycles. The van der Waals surface area contributed by atoms with Crippen LogP contribution in [-0.2, 0) is 17.8 Å². The molecule has 1 heterocycles. The molecule has 0 unspecified atom stereocenters. The van der Waals surface area contributed by atoms with Gasteiger partial charge in [-0.2, -0.15) is 0 Å². The van der Waals surface area contributed by atoms with E-state index in [1.54, 1.807) is 7.11 Å². The fraction of sp³-hybridized carbons (Fsp3) is 0.750. The van der Waals surface area contributed by atoms with Crippen molar-refractivity contribution < 1.29 is 4.74 Å². The summed E-state index contributed by atoms with van der Waals surface area (Å²) in [4.78, 5) is 5.46. The van der Waals surface area contributed by atoms with Crippen molar-refractivity contribution in [2.24, 2.45) is 0 Å².